The molecule has 82 valence electrons. The molecule has 0 amide bonds. The summed E-state index contributed by atoms with van der Waals surface area (Å²) < 4.78 is 4.96. The predicted molar refractivity (Wildman–Crippen MR) is 59.9 cm³/mol. The minimum atomic E-state index is 0.564. The summed E-state index contributed by atoms with van der Waals surface area (Å²) in [7, 11) is 1.68. The molecular weight excluding hydrogens is 174 g/mol. The summed E-state index contributed by atoms with van der Waals surface area (Å²) in [5, 5.41) is 0. The first-order valence-corrected chi connectivity index (χ1v) is 5.54. The Bertz CT molecular complexity index is 204. The highest BCUT2D eigenvalue weighted by molar-refractivity contribution is 5.01. The molecule has 0 aromatic rings. The highest BCUT2D eigenvalue weighted by Crippen LogP contribution is 2.55. The number of nitrogens with two attached hydrogens (primary N) is 1. The molecule has 1 aliphatic carbocycles. The number of methoxy groups -OCH3 is 1. The van der Waals surface area contributed by atoms with Crippen LogP contribution in [-0.4, -0.2) is 13.7 Å². The second-order valence-electron chi connectivity index (χ2n) is 4.77. The SMILES string of the molecule is COCC(N)=CCCC1(C(C)C)CC1. The topological polar surface area (TPSA) is 35.2 Å². The first-order chi connectivity index (χ1) is 6.60. The molecule has 0 aromatic heterocycles. The number of ether oxygens (including phenoxy) is 1. The molecule has 1 rings (SSSR count). The van der Waals surface area contributed by atoms with Crippen LogP contribution in [0.3, 0.4) is 0 Å². The number of rotatable bonds is 6. The molecule has 2 N–H and O–H groups in total. The van der Waals surface area contributed by atoms with E-state index in [2.05, 4.69) is 19.9 Å². The average Bonchev–Trinajstić information content (AvgIpc) is 2.86. The van der Waals surface area contributed by atoms with Crippen molar-refractivity contribution in [3.8, 4) is 0 Å². The van der Waals surface area contributed by atoms with Gasteiger partial charge in [-0.2, -0.15) is 0 Å². The normalized spacial score (nSPS) is 20.1. The second-order valence-corrected chi connectivity index (χ2v) is 4.77. The van der Waals surface area contributed by atoms with Gasteiger partial charge in [0.15, 0.2) is 0 Å². The third-order valence-electron chi connectivity index (χ3n) is 3.48. The molecule has 2 heteroatoms. The van der Waals surface area contributed by atoms with Gasteiger partial charge < -0.3 is 10.5 Å². The molecule has 0 atom stereocenters. The van der Waals surface area contributed by atoms with E-state index in [0.717, 1.165) is 18.0 Å². The maximum atomic E-state index is 5.75. The molecule has 0 saturated heterocycles. The highest BCUT2D eigenvalue weighted by Gasteiger charge is 2.43. The zero-order valence-corrected chi connectivity index (χ0v) is 9.68. The second kappa shape index (κ2) is 4.83. The summed E-state index contributed by atoms with van der Waals surface area (Å²) in [6.07, 6.45) is 7.32. The van der Waals surface area contributed by atoms with E-state index >= 15 is 0 Å². The van der Waals surface area contributed by atoms with Crippen molar-refractivity contribution >= 4 is 0 Å². The van der Waals surface area contributed by atoms with Crippen LogP contribution in [-0.2, 0) is 4.74 Å². The van der Waals surface area contributed by atoms with Crippen LogP contribution in [0.1, 0.15) is 39.5 Å². The number of hydrogen-bond acceptors (Lipinski definition) is 2. The molecule has 1 fully saturated rings. The van der Waals surface area contributed by atoms with Gasteiger partial charge >= 0.3 is 0 Å². The molecule has 0 aliphatic heterocycles. The van der Waals surface area contributed by atoms with Crippen LogP contribution in [0, 0.1) is 11.3 Å². The zero-order valence-electron chi connectivity index (χ0n) is 9.68. The van der Waals surface area contributed by atoms with Gasteiger partial charge in [-0.3, -0.25) is 0 Å². The van der Waals surface area contributed by atoms with Crippen molar-refractivity contribution in [2.75, 3.05) is 13.7 Å². The van der Waals surface area contributed by atoms with Gasteiger partial charge in [-0.1, -0.05) is 19.9 Å². The standard InChI is InChI=1S/C12H23NO/c1-10(2)12(7-8-12)6-4-5-11(13)9-14-3/h5,10H,4,6-9,13H2,1-3H3. The van der Waals surface area contributed by atoms with Crippen molar-refractivity contribution in [3.63, 3.8) is 0 Å². The van der Waals surface area contributed by atoms with Crippen LogP contribution >= 0.6 is 0 Å². The third-order valence-corrected chi connectivity index (χ3v) is 3.48. The smallest absolute Gasteiger partial charge is 0.0853 e. The average molecular weight is 197 g/mol. The lowest BCUT2D eigenvalue weighted by Crippen LogP contribution is -2.09. The van der Waals surface area contributed by atoms with Gasteiger partial charge in [0.1, 0.15) is 0 Å². The molecule has 0 spiro atoms. The monoisotopic (exact) mass is 197 g/mol. The summed E-state index contributed by atoms with van der Waals surface area (Å²) in [4.78, 5) is 0. The van der Waals surface area contributed by atoms with E-state index in [9.17, 15) is 0 Å². The Morgan fingerprint density at radius 1 is 1.50 bits per heavy atom. The van der Waals surface area contributed by atoms with Gasteiger partial charge in [-0.15, -0.1) is 0 Å². The quantitative estimate of drug-likeness (QED) is 0.710. The van der Waals surface area contributed by atoms with Crippen LogP contribution in [0.5, 0.6) is 0 Å². The lowest BCUT2D eigenvalue weighted by molar-refractivity contribution is 0.224. The summed E-state index contributed by atoms with van der Waals surface area (Å²) in [6, 6.07) is 0. The molecule has 0 unspecified atom stereocenters. The Labute approximate surface area is 87.5 Å². The first-order valence-electron chi connectivity index (χ1n) is 5.54. The summed E-state index contributed by atoms with van der Waals surface area (Å²) in [5.74, 6) is 0.819. The molecule has 0 radical (unpaired) electrons. The van der Waals surface area contributed by atoms with Crippen molar-refractivity contribution < 1.29 is 4.74 Å². The summed E-state index contributed by atoms with van der Waals surface area (Å²) in [5.41, 5.74) is 7.26. The van der Waals surface area contributed by atoms with Crippen molar-refractivity contribution in [2.45, 2.75) is 39.5 Å². The van der Waals surface area contributed by atoms with Crippen LogP contribution < -0.4 is 5.73 Å². The molecule has 1 saturated carbocycles. The molecule has 0 aromatic carbocycles. The molecule has 2 nitrogen and oxygen atoms in total. The summed E-state index contributed by atoms with van der Waals surface area (Å²) >= 11 is 0. The Morgan fingerprint density at radius 2 is 2.14 bits per heavy atom. The molecule has 14 heavy (non-hydrogen) atoms. The number of allylic oxidation sites excluding steroid dienone is 1. The highest BCUT2D eigenvalue weighted by atomic mass is 16.5. The van der Waals surface area contributed by atoms with E-state index in [4.69, 9.17) is 10.5 Å². The van der Waals surface area contributed by atoms with Gasteiger partial charge in [-0.05, 0) is 37.0 Å². The van der Waals surface area contributed by atoms with E-state index in [1.165, 1.54) is 19.3 Å². The fourth-order valence-electron chi connectivity index (χ4n) is 2.05. The molecule has 1 aliphatic rings. The molecule has 0 bridgehead atoms. The fourth-order valence-corrected chi connectivity index (χ4v) is 2.05. The van der Waals surface area contributed by atoms with E-state index in [1.807, 2.05) is 0 Å². The van der Waals surface area contributed by atoms with Crippen molar-refractivity contribution in [3.05, 3.63) is 11.8 Å². The van der Waals surface area contributed by atoms with Crippen molar-refractivity contribution in [1.82, 2.24) is 0 Å². The van der Waals surface area contributed by atoms with Crippen LogP contribution in [0.15, 0.2) is 11.8 Å². The zero-order chi connectivity index (χ0) is 10.6. The lowest BCUT2D eigenvalue weighted by Gasteiger charge is -2.18. The van der Waals surface area contributed by atoms with Gasteiger partial charge in [0.2, 0.25) is 0 Å². The minimum Gasteiger partial charge on any atom is -0.400 e. The Kier molecular flexibility index (Phi) is 3.99. The largest absolute Gasteiger partial charge is 0.400 e. The van der Waals surface area contributed by atoms with Crippen LogP contribution in [0.4, 0.5) is 0 Å². The Balaban J connectivity index is 2.24. The van der Waals surface area contributed by atoms with Gasteiger partial charge in [0.25, 0.3) is 0 Å². The number of hydrogen-bond donors (Lipinski definition) is 1. The van der Waals surface area contributed by atoms with Crippen LogP contribution in [0.25, 0.3) is 0 Å². The van der Waals surface area contributed by atoms with Crippen LogP contribution in [0.2, 0.25) is 0 Å². The van der Waals surface area contributed by atoms with Gasteiger partial charge in [0, 0.05) is 12.8 Å². The van der Waals surface area contributed by atoms with Crippen molar-refractivity contribution in [2.24, 2.45) is 17.1 Å². The van der Waals surface area contributed by atoms with Gasteiger partial charge in [-0.25, -0.2) is 0 Å². The van der Waals surface area contributed by atoms with E-state index in [0.29, 0.717) is 12.0 Å². The first kappa shape index (κ1) is 11.6. The predicted octanol–water partition coefficient (Wildman–Crippen LogP) is 2.69. The maximum absolute atomic E-state index is 5.75. The third kappa shape index (κ3) is 3.02. The summed E-state index contributed by atoms with van der Waals surface area (Å²) in [6.45, 7) is 5.22. The minimum absolute atomic E-state index is 0.564. The maximum Gasteiger partial charge on any atom is 0.0853 e. The van der Waals surface area contributed by atoms with E-state index in [-0.39, 0.29) is 0 Å². The Morgan fingerprint density at radius 3 is 2.57 bits per heavy atom. The fraction of sp³-hybridized carbons (Fsp3) is 0.833. The van der Waals surface area contributed by atoms with Crippen molar-refractivity contribution in [1.29, 1.82) is 0 Å². The van der Waals surface area contributed by atoms with Gasteiger partial charge in [0.05, 0.1) is 6.61 Å². The molecule has 0 heterocycles. The van der Waals surface area contributed by atoms with E-state index in [1.54, 1.807) is 7.11 Å². The Hall–Kier alpha value is -0.500. The lowest BCUT2D eigenvalue weighted by atomic mass is 9.88. The molecular formula is C12H23NO. The van der Waals surface area contributed by atoms with E-state index < -0.39 is 0 Å².